The molecule has 0 saturated carbocycles. The molecule has 0 N–H and O–H groups in total. The molecule has 1 saturated heterocycles. The second-order valence-electron chi connectivity index (χ2n) is 8.05. The first-order chi connectivity index (χ1) is 16.6. The van der Waals surface area contributed by atoms with E-state index in [1.165, 1.54) is 11.8 Å². The van der Waals surface area contributed by atoms with Crippen LogP contribution in [-0.4, -0.2) is 57.0 Å². The van der Waals surface area contributed by atoms with Gasteiger partial charge in [-0.05, 0) is 37.5 Å². The topological polar surface area (TPSA) is 77.3 Å². The van der Waals surface area contributed by atoms with Gasteiger partial charge in [0, 0.05) is 18.7 Å². The van der Waals surface area contributed by atoms with E-state index in [9.17, 15) is 9.59 Å². The smallest absolute Gasteiger partial charge is 0.309 e. The Morgan fingerprint density at radius 3 is 2.47 bits per heavy atom. The number of nitrogens with zero attached hydrogens (tertiary/aromatic N) is 4. The third-order valence-corrected chi connectivity index (χ3v) is 7.09. The number of likely N-dealkylation sites (tertiary alicyclic amines) is 1. The molecule has 0 aliphatic carbocycles. The van der Waals surface area contributed by atoms with Gasteiger partial charge in [-0.3, -0.25) is 14.2 Å². The number of hydrogen-bond acceptors (Lipinski definition) is 6. The van der Waals surface area contributed by atoms with Gasteiger partial charge in [-0.2, -0.15) is 0 Å². The van der Waals surface area contributed by atoms with Crippen molar-refractivity contribution in [1.82, 2.24) is 19.7 Å². The number of amides is 1. The first-order valence-electron chi connectivity index (χ1n) is 11.4. The molecular weight excluding hydrogens is 472 g/mol. The number of halogens is 1. The molecular formula is C25H27ClN4O3S. The average Bonchev–Trinajstić information content (AvgIpc) is 3.25. The van der Waals surface area contributed by atoms with Crippen LogP contribution in [0.15, 0.2) is 59.8 Å². The Labute approximate surface area is 208 Å². The molecule has 2 aromatic carbocycles. The summed E-state index contributed by atoms with van der Waals surface area (Å²) < 4.78 is 7.12. The molecule has 0 atom stereocenters. The molecule has 3 aromatic rings. The zero-order valence-electron chi connectivity index (χ0n) is 19.0. The number of piperidine rings is 1. The van der Waals surface area contributed by atoms with Crippen molar-refractivity contribution in [3.63, 3.8) is 0 Å². The lowest BCUT2D eigenvalue weighted by Crippen LogP contribution is -2.41. The highest BCUT2D eigenvalue weighted by molar-refractivity contribution is 7.99. The first-order valence-corrected chi connectivity index (χ1v) is 12.7. The zero-order valence-corrected chi connectivity index (χ0v) is 20.6. The van der Waals surface area contributed by atoms with Crippen molar-refractivity contribution >= 4 is 35.2 Å². The van der Waals surface area contributed by atoms with Gasteiger partial charge in [0.15, 0.2) is 11.0 Å². The fourth-order valence-corrected chi connectivity index (χ4v) is 5.05. The summed E-state index contributed by atoms with van der Waals surface area (Å²) in [7, 11) is 0. The highest BCUT2D eigenvalue weighted by Gasteiger charge is 2.28. The van der Waals surface area contributed by atoms with Crippen molar-refractivity contribution < 1.29 is 14.3 Å². The third-order valence-electron chi connectivity index (χ3n) is 5.81. The number of aromatic nitrogens is 3. The van der Waals surface area contributed by atoms with Gasteiger partial charge >= 0.3 is 5.97 Å². The summed E-state index contributed by atoms with van der Waals surface area (Å²) >= 11 is 7.81. The summed E-state index contributed by atoms with van der Waals surface area (Å²) in [5.41, 5.74) is 1.90. The molecule has 0 radical (unpaired) electrons. The highest BCUT2D eigenvalue weighted by Crippen LogP contribution is 2.30. The van der Waals surface area contributed by atoms with Gasteiger partial charge < -0.3 is 9.64 Å². The van der Waals surface area contributed by atoms with E-state index in [0.29, 0.717) is 55.1 Å². The van der Waals surface area contributed by atoms with E-state index in [1.807, 2.05) is 71.0 Å². The molecule has 2 heterocycles. The Morgan fingerprint density at radius 1 is 1.06 bits per heavy atom. The fourth-order valence-electron chi connectivity index (χ4n) is 3.99. The molecule has 178 valence electrons. The number of carbonyl (C=O) groups excluding carboxylic acids is 2. The van der Waals surface area contributed by atoms with Crippen LogP contribution in [0.25, 0.3) is 11.4 Å². The first kappa shape index (κ1) is 24.3. The number of hydrogen-bond donors (Lipinski definition) is 0. The van der Waals surface area contributed by atoms with Crippen molar-refractivity contribution in [2.45, 2.75) is 31.5 Å². The van der Waals surface area contributed by atoms with E-state index in [1.54, 1.807) is 0 Å². The van der Waals surface area contributed by atoms with Crippen LogP contribution in [0.4, 0.5) is 0 Å². The number of benzene rings is 2. The number of thioether (sulfide) groups is 1. The van der Waals surface area contributed by atoms with Crippen LogP contribution in [0.5, 0.6) is 0 Å². The monoisotopic (exact) mass is 498 g/mol. The second kappa shape index (κ2) is 11.5. The maximum atomic E-state index is 12.9. The lowest BCUT2D eigenvalue weighted by molar-refractivity contribution is -0.151. The minimum absolute atomic E-state index is 0.0286. The van der Waals surface area contributed by atoms with Gasteiger partial charge in [0.1, 0.15) is 0 Å². The van der Waals surface area contributed by atoms with Crippen molar-refractivity contribution in [2.24, 2.45) is 5.92 Å². The predicted octanol–water partition coefficient (Wildman–Crippen LogP) is 4.54. The van der Waals surface area contributed by atoms with E-state index >= 15 is 0 Å². The highest BCUT2D eigenvalue weighted by atomic mass is 35.5. The Kier molecular flexibility index (Phi) is 8.24. The molecule has 9 heteroatoms. The summed E-state index contributed by atoms with van der Waals surface area (Å²) in [5, 5.41) is 10.1. The predicted molar refractivity (Wildman–Crippen MR) is 133 cm³/mol. The van der Waals surface area contributed by atoms with Gasteiger partial charge in [-0.15, -0.1) is 10.2 Å². The van der Waals surface area contributed by atoms with E-state index in [0.717, 1.165) is 11.1 Å². The molecule has 0 bridgehead atoms. The van der Waals surface area contributed by atoms with Gasteiger partial charge in [0.25, 0.3) is 0 Å². The number of esters is 1. The van der Waals surface area contributed by atoms with Gasteiger partial charge in [-0.25, -0.2) is 0 Å². The largest absolute Gasteiger partial charge is 0.466 e. The minimum atomic E-state index is -0.162. The van der Waals surface area contributed by atoms with Crippen molar-refractivity contribution in [1.29, 1.82) is 0 Å². The molecule has 7 nitrogen and oxygen atoms in total. The Morgan fingerprint density at radius 2 is 1.76 bits per heavy atom. The van der Waals surface area contributed by atoms with Crippen LogP contribution >= 0.6 is 23.4 Å². The summed E-state index contributed by atoms with van der Waals surface area (Å²) in [4.78, 5) is 26.7. The van der Waals surface area contributed by atoms with Gasteiger partial charge in [0.05, 0.1) is 29.8 Å². The Balaban J connectivity index is 1.46. The SMILES string of the molecule is CCOC(=O)C1CCN(C(=O)CSc2nnc(-c3ccccc3Cl)n2Cc2ccccc2)CC1. The molecule has 1 aliphatic rings. The fraction of sp³-hybridized carbons (Fsp3) is 0.360. The van der Waals surface area contributed by atoms with Crippen LogP contribution in [0, 0.1) is 5.92 Å². The summed E-state index contributed by atoms with van der Waals surface area (Å²) in [6.07, 6.45) is 1.27. The molecule has 1 amide bonds. The summed E-state index contributed by atoms with van der Waals surface area (Å²) in [5.74, 6) is 0.661. The second-order valence-corrected chi connectivity index (χ2v) is 9.40. The lowest BCUT2D eigenvalue weighted by atomic mass is 9.97. The summed E-state index contributed by atoms with van der Waals surface area (Å²) in [6.45, 7) is 3.88. The maximum absolute atomic E-state index is 12.9. The number of ether oxygens (including phenoxy) is 1. The third kappa shape index (κ3) is 5.80. The number of rotatable bonds is 8. The standard InChI is InChI=1S/C25H27ClN4O3S/c1-2-33-24(32)19-12-14-29(15-13-19)22(31)17-34-25-28-27-23(20-10-6-7-11-21(20)26)30(25)16-18-8-4-3-5-9-18/h3-11,19H,2,12-17H2,1H3. The van der Waals surface area contributed by atoms with Crippen LogP contribution in [0.3, 0.4) is 0 Å². The van der Waals surface area contributed by atoms with Crippen LogP contribution in [0.2, 0.25) is 5.02 Å². The van der Waals surface area contributed by atoms with E-state index in [-0.39, 0.29) is 23.5 Å². The Bertz CT molecular complexity index is 1130. The van der Waals surface area contributed by atoms with Crippen molar-refractivity contribution in [2.75, 3.05) is 25.4 Å². The zero-order chi connectivity index (χ0) is 23.9. The minimum Gasteiger partial charge on any atom is -0.466 e. The van der Waals surface area contributed by atoms with Crippen molar-refractivity contribution in [3.05, 3.63) is 65.2 Å². The van der Waals surface area contributed by atoms with E-state index < -0.39 is 0 Å². The molecule has 1 aromatic heterocycles. The van der Waals surface area contributed by atoms with E-state index in [4.69, 9.17) is 16.3 Å². The molecule has 0 spiro atoms. The van der Waals surface area contributed by atoms with Crippen LogP contribution in [0.1, 0.15) is 25.3 Å². The average molecular weight is 499 g/mol. The quantitative estimate of drug-likeness (QED) is 0.335. The molecule has 1 fully saturated rings. The molecule has 0 unspecified atom stereocenters. The Hall–Kier alpha value is -2.84. The normalized spacial score (nSPS) is 14.2. The maximum Gasteiger partial charge on any atom is 0.309 e. The van der Waals surface area contributed by atoms with Crippen molar-refractivity contribution in [3.8, 4) is 11.4 Å². The van der Waals surface area contributed by atoms with Gasteiger partial charge in [-0.1, -0.05) is 65.8 Å². The summed E-state index contributed by atoms with van der Waals surface area (Å²) in [6, 6.07) is 17.6. The van der Waals surface area contributed by atoms with Gasteiger partial charge in [0.2, 0.25) is 5.91 Å². The molecule has 1 aliphatic heterocycles. The van der Waals surface area contributed by atoms with Crippen LogP contribution in [-0.2, 0) is 20.9 Å². The lowest BCUT2D eigenvalue weighted by Gasteiger charge is -2.30. The van der Waals surface area contributed by atoms with E-state index in [2.05, 4.69) is 10.2 Å². The molecule has 4 rings (SSSR count). The molecule has 34 heavy (non-hydrogen) atoms. The number of carbonyl (C=O) groups is 2. The van der Waals surface area contributed by atoms with Crippen LogP contribution < -0.4 is 0 Å².